The summed E-state index contributed by atoms with van der Waals surface area (Å²) in [5.74, 6) is -0.0752. The number of rotatable bonds is 5. The van der Waals surface area contributed by atoms with E-state index in [2.05, 4.69) is 20.8 Å². The van der Waals surface area contributed by atoms with Crippen LogP contribution in [0, 0.1) is 5.41 Å². The maximum Gasteiger partial charge on any atom is 0.237 e. The van der Waals surface area contributed by atoms with Crippen molar-refractivity contribution in [2.75, 3.05) is 11.9 Å². The Kier molecular flexibility index (Phi) is 4.59. The number of halogens is 1. The van der Waals surface area contributed by atoms with Crippen LogP contribution in [0.25, 0.3) is 11.4 Å². The summed E-state index contributed by atoms with van der Waals surface area (Å²) in [5.41, 5.74) is 2.37. The Morgan fingerprint density at radius 2 is 2.29 bits per heavy atom. The molecule has 3 N–H and O–H groups in total. The number of hydrogen-bond donors (Lipinski definition) is 3. The molecule has 1 atom stereocenters. The van der Waals surface area contributed by atoms with Gasteiger partial charge in [0.25, 0.3) is 0 Å². The molecule has 1 aromatic carbocycles. The first-order chi connectivity index (χ1) is 11.6. The summed E-state index contributed by atoms with van der Waals surface area (Å²) in [6.07, 6.45) is 3.23. The Balaban J connectivity index is 1.91. The molecular weight excluding hydrogens is 309 g/mol. The fourth-order valence-electron chi connectivity index (χ4n) is 2.63. The van der Waals surface area contributed by atoms with Crippen LogP contribution in [0.15, 0.2) is 34.7 Å². The highest BCUT2D eigenvalue weighted by molar-refractivity contribution is 5.87. The second-order valence-electron chi connectivity index (χ2n) is 6.03. The van der Waals surface area contributed by atoms with Crippen LogP contribution in [0.1, 0.15) is 37.6 Å². The van der Waals surface area contributed by atoms with Crippen molar-refractivity contribution >= 4 is 11.9 Å². The molecule has 6 nitrogen and oxygen atoms in total. The molecule has 0 amide bonds. The van der Waals surface area contributed by atoms with Crippen molar-refractivity contribution in [3.8, 4) is 11.4 Å². The fraction of sp³-hybridized carbons (Fsp3) is 0.353. The lowest BCUT2D eigenvalue weighted by Gasteiger charge is -2.15. The maximum absolute atomic E-state index is 13.9. The van der Waals surface area contributed by atoms with E-state index in [1.165, 1.54) is 12.4 Å². The maximum atomic E-state index is 13.9. The number of anilines is 1. The summed E-state index contributed by atoms with van der Waals surface area (Å²) in [6.45, 7) is 4.73. The molecule has 2 aromatic rings. The predicted molar refractivity (Wildman–Crippen MR) is 90.9 cm³/mol. The van der Waals surface area contributed by atoms with Gasteiger partial charge >= 0.3 is 0 Å². The van der Waals surface area contributed by atoms with E-state index < -0.39 is 5.92 Å². The Bertz CT molecular complexity index is 768. The molecule has 0 saturated carbocycles. The third-order valence-corrected chi connectivity index (χ3v) is 3.80. The quantitative estimate of drug-likeness (QED) is 0.732. The lowest BCUT2D eigenvalue weighted by Crippen LogP contribution is -2.19. The van der Waals surface area contributed by atoms with Gasteiger partial charge in [0.2, 0.25) is 11.7 Å². The van der Waals surface area contributed by atoms with Crippen LogP contribution in [-0.2, 0) is 0 Å². The van der Waals surface area contributed by atoms with E-state index in [-0.39, 0.29) is 17.8 Å². The largest absolute Gasteiger partial charge is 0.389 e. The highest BCUT2D eigenvalue weighted by atomic mass is 19.1. The number of nitrogens with zero attached hydrogens (tertiary/aromatic N) is 2. The van der Waals surface area contributed by atoms with Gasteiger partial charge in [0.05, 0.1) is 5.92 Å². The van der Waals surface area contributed by atoms with Crippen molar-refractivity contribution in [1.29, 1.82) is 5.41 Å². The Hall–Kier alpha value is -2.70. The van der Waals surface area contributed by atoms with E-state index in [0.717, 1.165) is 16.8 Å². The lowest BCUT2D eigenvalue weighted by molar-refractivity contribution is 0.335. The summed E-state index contributed by atoms with van der Waals surface area (Å²) >= 11 is 0. The molecule has 0 aliphatic carbocycles. The zero-order valence-electron chi connectivity index (χ0n) is 13.6. The average molecular weight is 329 g/mol. The number of benzene rings is 1. The molecule has 0 radical (unpaired) electrons. The summed E-state index contributed by atoms with van der Waals surface area (Å²) in [4.78, 5) is 4.36. The Morgan fingerprint density at radius 1 is 1.46 bits per heavy atom. The first kappa shape index (κ1) is 16.2. The third kappa shape index (κ3) is 3.29. The minimum atomic E-state index is -0.485. The van der Waals surface area contributed by atoms with Crippen LogP contribution in [-0.4, -0.2) is 28.9 Å². The van der Waals surface area contributed by atoms with Crippen molar-refractivity contribution in [3.05, 3.63) is 41.7 Å². The molecule has 24 heavy (non-hydrogen) atoms. The van der Waals surface area contributed by atoms with Gasteiger partial charge in [0, 0.05) is 41.8 Å². The second-order valence-corrected chi connectivity index (χ2v) is 6.03. The van der Waals surface area contributed by atoms with Gasteiger partial charge in [-0.3, -0.25) is 0 Å². The molecule has 1 unspecified atom stereocenters. The third-order valence-electron chi connectivity index (χ3n) is 3.80. The van der Waals surface area contributed by atoms with Gasteiger partial charge in [-0.25, -0.2) is 4.39 Å². The van der Waals surface area contributed by atoms with Crippen LogP contribution in [0.3, 0.4) is 0 Å². The van der Waals surface area contributed by atoms with E-state index in [0.29, 0.717) is 18.8 Å². The van der Waals surface area contributed by atoms with Gasteiger partial charge in [-0.15, -0.1) is 0 Å². The van der Waals surface area contributed by atoms with E-state index in [9.17, 15) is 4.39 Å². The van der Waals surface area contributed by atoms with Crippen LogP contribution < -0.4 is 10.6 Å². The second kappa shape index (κ2) is 6.82. The number of hydrogen-bond acceptors (Lipinski definition) is 6. The molecule has 0 bridgehead atoms. The molecule has 0 saturated heterocycles. The Labute approximate surface area is 139 Å². The predicted octanol–water partition coefficient (Wildman–Crippen LogP) is 3.44. The minimum absolute atomic E-state index is 0.230. The van der Waals surface area contributed by atoms with Crippen molar-refractivity contribution in [2.24, 2.45) is 0 Å². The van der Waals surface area contributed by atoms with E-state index in [4.69, 9.17) is 9.93 Å². The van der Waals surface area contributed by atoms with Crippen LogP contribution in [0.2, 0.25) is 0 Å². The standard InChI is InChI=1S/C17H20FN5O/c1-10(2)21-15-7-11(3-4-12(15)8-19)16-22-17(24-23-16)13-5-6-20-9-14(13)18/h3-4,7-10,13,19-21H,5-6H2,1-2H3. The van der Waals surface area contributed by atoms with Crippen molar-refractivity contribution in [3.63, 3.8) is 0 Å². The number of allylic oxidation sites excluding steroid dienone is 1. The normalized spacial score (nSPS) is 17.3. The molecule has 2 heterocycles. The van der Waals surface area contributed by atoms with Gasteiger partial charge in [0.1, 0.15) is 5.83 Å². The molecule has 1 aliphatic heterocycles. The number of aromatic nitrogens is 2. The molecule has 3 rings (SSSR count). The van der Waals surface area contributed by atoms with Gasteiger partial charge in [-0.2, -0.15) is 4.98 Å². The smallest absolute Gasteiger partial charge is 0.237 e. The topological polar surface area (TPSA) is 86.8 Å². The minimum Gasteiger partial charge on any atom is -0.389 e. The van der Waals surface area contributed by atoms with E-state index >= 15 is 0 Å². The average Bonchev–Trinajstić information content (AvgIpc) is 3.04. The summed E-state index contributed by atoms with van der Waals surface area (Å²) in [6, 6.07) is 5.76. The zero-order chi connectivity index (χ0) is 17.1. The van der Waals surface area contributed by atoms with Crippen LogP contribution in [0.4, 0.5) is 10.1 Å². The zero-order valence-corrected chi connectivity index (χ0v) is 13.6. The first-order valence-electron chi connectivity index (χ1n) is 7.92. The van der Waals surface area contributed by atoms with Crippen LogP contribution in [0.5, 0.6) is 0 Å². The molecular formula is C17H20FN5O. The molecule has 7 heteroatoms. The molecule has 1 aromatic heterocycles. The van der Waals surface area contributed by atoms with Gasteiger partial charge in [-0.05, 0) is 26.3 Å². The summed E-state index contributed by atoms with van der Waals surface area (Å²) in [7, 11) is 0. The first-order valence-corrected chi connectivity index (χ1v) is 7.92. The fourth-order valence-corrected chi connectivity index (χ4v) is 2.63. The molecule has 1 aliphatic rings. The summed E-state index contributed by atoms with van der Waals surface area (Å²) in [5, 5.41) is 17.6. The molecule has 0 spiro atoms. The van der Waals surface area contributed by atoms with Crippen molar-refractivity contribution < 1.29 is 8.91 Å². The van der Waals surface area contributed by atoms with Gasteiger partial charge < -0.3 is 20.6 Å². The number of nitrogens with one attached hydrogen (secondary N) is 3. The van der Waals surface area contributed by atoms with Crippen LogP contribution >= 0.6 is 0 Å². The summed E-state index contributed by atoms with van der Waals surface area (Å²) < 4.78 is 19.2. The van der Waals surface area contributed by atoms with Gasteiger partial charge in [0.15, 0.2) is 0 Å². The highest BCUT2D eigenvalue weighted by Gasteiger charge is 2.26. The van der Waals surface area contributed by atoms with Crippen molar-refractivity contribution in [1.82, 2.24) is 15.5 Å². The van der Waals surface area contributed by atoms with E-state index in [1.807, 2.05) is 32.0 Å². The lowest BCUT2D eigenvalue weighted by atomic mass is 10.0. The monoisotopic (exact) mass is 329 g/mol. The highest BCUT2D eigenvalue weighted by Crippen LogP contribution is 2.31. The van der Waals surface area contributed by atoms with E-state index in [1.54, 1.807) is 0 Å². The SMILES string of the molecule is CC(C)Nc1cc(-c2noc(C3CCNC=C3F)n2)ccc1C=N. The Morgan fingerprint density at radius 3 is 3.00 bits per heavy atom. The van der Waals surface area contributed by atoms with Gasteiger partial charge in [-0.1, -0.05) is 17.3 Å². The molecule has 0 fully saturated rings. The van der Waals surface area contributed by atoms with Crippen molar-refractivity contribution in [2.45, 2.75) is 32.2 Å². The molecule has 126 valence electrons.